The molecule has 0 fully saturated rings. The number of hydrogen-bond donors (Lipinski definition) is 0. The van der Waals surface area contributed by atoms with Crippen molar-refractivity contribution in [2.24, 2.45) is 0 Å². The Balaban J connectivity index is 0. The summed E-state index contributed by atoms with van der Waals surface area (Å²) < 4.78 is 0. The van der Waals surface area contributed by atoms with Gasteiger partial charge in [-0.3, -0.25) is 0 Å². The molecule has 0 unspecified atom stereocenters. The fraction of sp³-hybridized carbons (Fsp3) is 0.375. The van der Waals surface area contributed by atoms with Crippen LogP contribution in [0.5, 0.6) is 0 Å². The van der Waals surface area contributed by atoms with Gasteiger partial charge in [-0.1, -0.05) is 63.0 Å². The van der Waals surface area contributed by atoms with Gasteiger partial charge in [0.25, 0.3) is 0 Å². The quantitative estimate of drug-likeness (QED) is 0.415. The predicted molar refractivity (Wildman–Crippen MR) is 77.6 cm³/mol. The first-order chi connectivity index (χ1) is 7.51. The molecule has 0 amide bonds. The first-order valence-corrected chi connectivity index (χ1v) is 5.78. The van der Waals surface area contributed by atoms with Crippen LogP contribution in [0.25, 0.3) is 0 Å². The highest BCUT2D eigenvalue weighted by Crippen LogP contribution is 2.14. The van der Waals surface area contributed by atoms with E-state index in [2.05, 4.69) is 32.7 Å². The van der Waals surface area contributed by atoms with Gasteiger partial charge in [-0.2, -0.15) is 0 Å². The first kappa shape index (κ1) is 17.1. The van der Waals surface area contributed by atoms with Gasteiger partial charge in [0.2, 0.25) is 0 Å². The molecule has 0 rings (SSSR count). The molecule has 0 spiro atoms. The van der Waals surface area contributed by atoms with Crippen molar-refractivity contribution >= 4 is 0 Å². The van der Waals surface area contributed by atoms with Crippen LogP contribution in [0, 0.1) is 0 Å². The van der Waals surface area contributed by atoms with Crippen molar-refractivity contribution in [3.63, 3.8) is 0 Å². The van der Waals surface area contributed by atoms with Crippen LogP contribution in [0.15, 0.2) is 60.3 Å². The number of allylic oxidation sites excluding steroid dienone is 7. The maximum atomic E-state index is 3.89. The topological polar surface area (TPSA) is 0 Å². The van der Waals surface area contributed by atoms with Crippen LogP contribution in [-0.4, -0.2) is 0 Å². The van der Waals surface area contributed by atoms with Crippen LogP contribution < -0.4 is 0 Å². The minimum absolute atomic E-state index is 0.946. The van der Waals surface area contributed by atoms with Crippen molar-refractivity contribution in [3.05, 3.63) is 60.3 Å². The lowest BCUT2D eigenvalue weighted by molar-refractivity contribution is 1.11. The molecule has 0 heteroatoms. The summed E-state index contributed by atoms with van der Waals surface area (Å²) in [5.74, 6) is 0. The molecule has 0 heterocycles. The largest absolute Gasteiger partial charge is 0.0998 e. The zero-order valence-electron chi connectivity index (χ0n) is 11.6. The lowest BCUT2D eigenvalue weighted by atomic mass is 10.0. The standard InChI is InChI=1S/C14H20.C2H6/c1-7-13(6)14(8-2)10-12(5)9-11(3)4;1-2/h7-8,10H,1-3,9H2,4-6H3;1-2H3/b12-10-,14-13+;. The molecule has 0 N–H and O–H groups in total. The Labute approximate surface area is 102 Å². The molecule has 0 aliphatic carbocycles. The zero-order chi connectivity index (χ0) is 13.1. The SMILES string of the molecule is C=C/C(C)=C(C=C)/C=C(/C)CC(=C)C.CC. The molecule has 0 aromatic rings. The molecule has 0 nitrogen and oxygen atoms in total. The lowest BCUT2D eigenvalue weighted by Gasteiger charge is -2.03. The van der Waals surface area contributed by atoms with E-state index in [1.165, 1.54) is 11.1 Å². The fourth-order valence-corrected chi connectivity index (χ4v) is 1.24. The molecular weight excluding hydrogens is 192 g/mol. The Morgan fingerprint density at radius 1 is 1.00 bits per heavy atom. The Morgan fingerprint density at radius 2 is 1.50 bits per heavy atom. The van der Waals surface area contributed by atoms with Gasteiger partial charge < -0.3 is 0 Å². The first-order valence-electron chi connectivity index (χ1n) is 5.78. The molecule has 0 aromatic heterocycles. The van der Waals surface area contributed by atoms with Gasteiger partial charge in [0.1, 0.15) is 0 Å². The average Bonchev–Trinajstić information content (AvgIpc) is 2.26. The van der Waals surface area contributed by atoms with Crippen LogP contribution in [0.2, 0.25) is 0 Å². The second-order valence-corrected chi connectivity index (χ2v) is 3.67. The van der Waals surface area contributed by atoms with Crippen molar-refractivity contribution < 1.29 is 0 Å². The van der Waals surface area contributed by atoms with Gasteiger partial charge >= 0.3 is 0 Å². The molecule has 0 aromatic carbocycles. The summed E-state index contributed by atoms with van der Waals surface area (Å²) in [7, 11) is 0. The third-order valence-corrected chi connectivity index (χ3v) is 1.96. The highest BCUT2D eigenvalue weighted by molar-refractivity contribution is 5.40. The highest BCUT2D eigenvalue weighted by Gasteiger charge is 1.94. The fourth-order valence-electron chi connectivity index (χ4n) is 1.24. The molecule has 90 valence electrons. The summed E-state index contributed by atoms with van der Waals surface area (Å²) in [6, 6.07) is 0. The maximum Gasteiger partial charge on any atom is -0.0113 e. The summed E-state index contributed by atoms with van der Waals surface area (Å²) >= 11 is 0. The van der Waals surface area contributed by atoms with Gasteiger partial charge in [-0.15, -0.1) is 0 Å². The maximum absolute atomic E-state index is 3.89. The van der Waals surface area contributed by atoms with E-state index in [0.29, 0.717) is 0 Å². The van der Waals surface area contributed by atoms with E-state index in [4.69, 9.17) is 0 Å². The smallest absolute Gasteiger partial charge is 0.0113 e. The molecule has 0 radical (unpaired) electrons. The van der Waals surface area contributed by atoms with Crippen LogP contribution in [-0.2, 0) is 0 Å². The molecule has 0 aliphatic rings. The summed E-state index contributed by atoms with van der Waals surface area (Å²) in [5, 5.41) is 0. The molecule has 16 heavy (non-hydrogen) atoms. The van der Waals surface area contributed by atoms with E-state index in [1.807, 2.05) is 39.8 Å². The minimum atomic E-state index is 0.946. The van der Waals surface area contributed by atoms with Crippen molar-refractivity contribution in [1.29, 1.82) is 0 Å². The lowest BCUT2D eigenvalue weighted by Crippen LogP contribution is -1.83. The summed E-state index contributed by atoms with van der Waals surface area (Å²) in [4.78, 5) is 0. The van der Waals surface area contributed by atoms with E-state index < -0.39 is 0 Å². The van der Waals surface area contributed by atoms with Crippen LogP contribution >= 0.6 is 0 Å². The zero-order valence-corrected chi connectivity index (χ0v) is 11.6. The second-order valence-electron chi connectivity index (χ2n) is 3.67. The number of rotatable bonds is 5. The van der Waals surface area contributed by atoms with Crippen molar-refractivity contribution in [3.8, 4) is 0 Å². The van der Waals surface area contributed by atoms with Crippen LogP contribution in [0.1, 0.15) is 41.0 Å². The number of hydrogen-bond acceptors (Lipinski definition) is 0. The molecule has 0 bridgehead atoms. The molecule has 0 atom stereocenters. The third-order valence-electron chi connectivity index (χ3n) is 1.96. The Morgan fingerprint density at radius 3 is 1.81 bits per heavy atom. The van der Waals surface area contributed by atoms with E-state index >= 15 is 0 Å². The van der Waals surface area contributed by atoms with Crippen LogP contribution in [0.3, 0.4) is 0 Å². The van der Waals surface area contributed by atoms with E-state index in [9.17, 15) is 0 Å². The summed E-state index contributed by atoms with van der Waals surface area (Å²) in [6.07, 6.45) is 6.79. The van der Waals surface area contributed by atoms with E-state index in [-0.39, 0.29) is 0 Å². The third kappa shape index (κ3) is 8.05. The molecular formula is C16H26. The minimum Gasteiger partial charge on any atom is -0.0998 e. The van der Waals surface area contributed by atoms with Gasteiger partial charge in [-0.25, -0.2) is 0 Å². The Bertz CT molecular complexity index is 298. The van der Waals surface area contributed by atoms with E-state index in [1.54, 1.807) is 0 Å². The predicted octanol–water partition coefficient (Wildman–Crippen LogP) is 5.61. The Hall–Kier alpha value is -1.30. The normalized spacial score (nSPS) is 11.9. The highest BCUT2D eigenvalue weighted by atomic mass is 14.0. The second kappa shape index (κ2) is 10.2. The van der Waals surface area contributed by atoms with Crippen molar-refractivity contribution in [2.45, 2.75) is 41.0 Å². The Kier molecular flexibility index (Phi) is 10.9. The van der Waals surface area contributed by atoms with Crippen molar-refractivity contribution in [2.75, 3.05) is 0 Å². The van der Waals surface area contributed by atoms with E-state index in [0.717, 1.165) is 17.6 Å². The van der Waals surface area contributed by atoms with Gasteiger partial charge in [0.15, 0.2) is 0 Å². The summed E-state index contributed by atoms with van der Waals surface area (Å²) in [6.45, 7) is 21.6. The molecule has 0 saturated carbocycles. The van der Waals surface area contributed by atoms with Crippen molar-refractivity contribution in [1.82, 2.24) is 0 Å². The average molecular weight is 218 g/mol. The van der Waals surface area contributed by atoms with Gasteiger partial charge in [-0.05, 0) is 38.3 Å². The summed E-state index contributed by atoms with van der Waals surface area (Å²) in [5.41, 5.74) is 4.77. The van der Waals surface area contributed by atoms with Gasteiger partial charge in [0, 0.05) is 0 Å². The van der Waals surface area contributed by atoms with Crippen LogP contribution in [0.4, 0.5) is 0 Å². The molecule has 0 aliphatic heterocycles. The monoisotopic (exact) mass is 218 g/mol. The molecule has 0 saturated heterocycles. The van der Waals surface area contributed by atoms with Gasteiger partial charge in [0.05, 0.1) is 0 Å².